The highest BCUT2D eigenvalue weighted by Crippen LogP contribution is 2.13. The molecule has 2 unspecified atom stereocenters. The van der Waals surface area contributed by atoms with Crippen molar-refractivity contribution in [2.45, 2.75) is 52.5 Å². The third-order valence-corrected chi connectivity index (χ3v) is 3.54. The highest BCUT2D eigenvalue weighted by atomic mass is 14.9. The van der Waals surface area contributed by atoms with Gasteiger partial charge in [0.25, 0.3) is 0 Å². The van der Waals surface area contributed by atoms with Crippen LogP contribution in [0.2, 0.25) is 0 Å². The van der Waals surface area contributed by atoms with Crippen molar-refractivity contribution < 1.29 is 0 Å². The Morgan fingerprint density at radius 1 is 1.29 bits per heavy atom. The Morgan fingerprint density at radius 2 is 2.06 bits per heavy atom. The van der Waals surface area contributed by atoms with Gasteiger partial charge in [-0.25, -0.2) is 0 Å². The predicted octanol–water partition coefficient (Wildman–Crippen LogP) is 3.21. The Balaban J connectivity index is 2.54. The Kier molecular flexibility index (Phi) is 6.20. The second-order valence-electron chi connectivity index (χ2n) is 4.95. The van der Waals surface area contributed by atoms with E-state index in [2.05, 4.69) is 43.2 Å². The molecule has 0 bridgehead atoms. The van der Waals surface area contributed by atoms with E-state index in [0.717, 1.165) is 18.8 Å². The summed E-state index contributed by atoms with van der Waals surface area (Å²) in [5.41, 5.74) is 2.52. The normalized spacial score (nSPS) is 14.6. The van der Waals surface area contributed by atoms with Crippen molar-refractivity contribution in [3.05, 3.63) is 29.6 Å². The zero-order chi connectivity index (χ0) is 12.7. The minimum Gasteiger partial charge on any atom is -0.317 e. The number of nitrogens with one attached hydrogen (secondary N) is 1. The molecule has 0 aliphatic carbocycles. The molecule has 0 saturated heterocycles. The lowest BCUT2D eigenvalue weighted by Gasteiger charge is -2.19. The maximum absolute atomic E-state index is 4.53. The van der Waals surface area contributed by atoms with Gasteiger partial charge in [0.2, 0.25) is 0 Å². The highest BCUT2D eigenvalue weighted by molar-refractivity contribution is 5.14. The van der Waals surface area contributed by atoms with E-state index in [1.165, 1.54) is 24.1 Å². The second kappa shape index (κ2) is 7.44. The molecule has 0 spiro atoms. The van der Waals surface area contributed by atoms with Gasteiger partial charge in [0, 0.05) is 24.4 Å². The lowest BCUT2D eigenvalue weighted by atomic mass is 9.96. The molecule has 1 N–H and O–H groups in total. The van der Waals surface area contributed by atoms with Crippen LogP contribution < -0.4 is 5.32 Å². The van der Waals surface area contributed by atoms with E-state index in [1.54, 1.807) is 0 Å². The Bertz CT molecular complexity index is 305. The summed E-state index contributed by atoms with van der Waals surface area (Å²) in [5.74, 6) is 0.780. The lowest BCUT2D eigenvalue weighted by Crippen LogP contribution is -2.29. The van der Waals surface area contributed by atoms with Gasteiger partial charge in [-0.05, 0) is 37.4 Å². The Morgan fingerprint density at radius 3 is 2.53 bits per heavy atom. The highest BCUT2D eigenvalue weighted by Gasteiger charge is 2.11. The monoisotopic (exact) mass is 234 g/mol. The number of pyridine rings is 1. The van der Waals surface area contributed by atoms with Crippen molar-refractivity contribution in [1.82, 2.24) is 10.3 Å². The van der Waals surface area contributed by atoms with Gasteiger partial charge in [0.05, 0.1) is 0 Å². The van der Waals surface area contributed by atoms with E-state index in [9.17, 15) is 0 Å². The summed E-state index contributed by atoms with van der Waals surface area (Å²) in [5, 5.41) is 3.40. The molecule has 0 radical (unpaired) electrons. The summed E-state index contributed by atoms with van der Waals surface area (Å²) < 4.78 is 0. The number of aromatic nitrogens is 1. The summed E-state index contributed by atoms with van der Waals surface area (Å²) in [6.07, 6.45) is 6.58. The molecule has 17 heavy (non-hydrogen) atoms. The average Bonchev–Trinajstić information content (AvgIpc) is 2.38. The summed E-state index contributed by atoms with van der Waals surface area (Å²) in [7, 11) is 2.05. The molecule has 0 amide bonds. The first-order valence-corrected chi connectivity index (χ1v) is 6.80. The number of likely N-dealkylation sites (N-methyl/N-ethyl adjacent to an activating group) is 1. The van der Waals surface area contributed by atoms with Crippen LogP contribution in [0, 0.1) is 5.92 Å². The SMILES string of the molecule is CCc1ccc(CC(CC(C)CC)NC)nc1. The van der Waals surface area contributed by atoms with Crippen LogP contribution >= 0.6 is 0 Å². The molecule has 2 nitrogen and oxygen atoms in total. The fraction of sp³-hybridized carbons (Fsp3) is 0.667. The van der Waals surface area contributed by atoms with Crippen LogP contribution in [-0.2, 0) is 12.8 Å². The Hall–Kier alpha value is -0.890. The van der Waals surface area contributed by atoms with E-state index in [-0.39, 0.29) is 0 Å². The van der Waals surface area contributed by atoms with Gasteiger partial charge in [0.1, 0.15) is 0 Å². The zero-order valence-corrected chi connectivity index (χ0v) is 11.7. The molecular formula is C15H26N2. The number of hydrogen-bond acceptors (Lipinski definition) is 2. The summed E-state index contributed by atoms with van der Waals surface area (Å²) >= 11 is 0. The van der Waals surface area contributed by atoms with Crippen molar-refractivity contribution in [3.8, 4) is 0 Å². The molecule has 96 valence electrons. The van der Waals surface area contributed by atoms with Crippen molar-refractivity contribution in [2.24, 2.45) is 5.92 Å². The lowest BCUT2D eigenvalue weighted by molar-refractivity contribution is 0.408. The van der Waals surface area contributed by atoms with Gasteiger partial charge in [-0.1, -0.05) is 33.3 Å². The van der Waals surface area contributed by atoms with Gasteiger partial charge in [-0.2, -0.15) is 0 Å². The third-order valence-electron chi connectivity index (χ3n) is 3.54. The quantitative estimate of drug-likeness (QED) is 0.783. The van der Waals surface area contributed by atoms with Gasteiger partial charge in [0.15, 0.2) is 0 Å². The van der Waals surface area contributed by atoms with Gasteiger partial charge < -0.3 is 5.32 Å². The average molecular weight is 234 g/mol. The zero-order valence-electron chi connectivity index (χ0n) is 11.7. The standard InChI is InChI=1S/C15H26N2/c1-5-12(3)9-15(16-4)10-14-8-7-13(6-2)11-17-14/h7-8,11-12,15-16H,5-6,9-10H2,1-4H3. The Labute approximate surface area is 106 Å². The first-order valence-electron chi connectivity index (χ1n) is 6.80. The molecule has 0 saturated carbocycles. The topological polar surface area (TPSA) is 24.9 Å². The molecule has 0 aliphatic heterocycles. The van der Waals surface area contributed by atoms with Crippen LogP contribution in [0.3, 0.4) is 0 Å². The molecule has 2 heteroatoms. The molecule has 1 aromatic rings. The van der Waals surface area contributed by atoms with Crippen LogP contribution in [-0.4, -0.2) is 18.1 Å². The maximum Gasteiger partial charge on any atom is 0.0419 e. The molecular weight excluding hydrogens is 208 g/mol. The van der Waals surface area contributed by atoms with E-state index in [1.807, 2.05) is 13.2 Å². The fourth-order valence-corrected chi connectivity index (χ4v) is 1.99. The largest absolute Gasteiger partial charge is 0.317 e. The summed E-state index contributed by atoms with van der Waals surface area (Å²) in [6, 6.07) is 4.91. The van der Waals surface area contributed by atoms with E-state index in [0.29, 0.717) is 6.04 Å². The first kappa shape index (κ1) is 14.2. The van der Waals surface area contributed by atoms with Crippen LogP contribution in [0.15, 0.2) is 18.3 Å². The van der Waals surface area contributed by atoms with Crippen LogP contribution in [0.25, 0.3) is 0 Å². The van der Waals surface area contributed by atoms with E-state index < -0.39 is 0 Å². The number of aryl methyl sites for hydroxylation is 1. The number of rotatable bonds is 7. The smallest absolute Gasteiger partial charge is 0.0419 e. The minimum absolute atomic E-state index is 0.546. The van der Waals surface area contributed by atoms with Crippen LogP contribution in [0.5, 0.6) is 0 Å². The molecule has 1 heterocycles. The first-order chi connectivity index (χ1) is 8.19. The fourth-order valence-electron chi connectivity index (χ4n) is 1.99. The molecule has 0 fully saturated rings. The van der Waals surface area contributed by atoms with Gasteiger partial charge in [-0.3, -0.25) is 4.98 Å². The third kappa shape index (κ3) is 4.86. The van der Waals surface area contributed by atoms with Crippen molar-refractivity contribution in [1.29, 1.82) is 0 Å². The number of nitrogens with zero attached hydrogens (tertiary/aromatic N) is 1. The van der Waals surface area contributed by atoms with Crippen molar-refractivity contribution >= 4 is 0 Å². The molecule has 0 aliphatic rings. The second-order valence-corrected chi connectivity index (χ2v) is 4.95. The van der Waals surface area contributed by atoms with Gasteiger partial charge >= 0.3 is 0 Å². The molecule has 1 aromatic heterocycles. The van der Waals surface area contributed by atoms with Crippen molar-refractivity contribution in [2.75, 3.05) is 7.05 Å². The number of hydrogen-bond donors (Lipinski definition) is 1. The van der Waals surface area contributed by atoms with E-state index >= 15 is 0 Å². The van der Waals surface area contributed by atoms with E-state index in [4.69, 9.17) is 0 Å². The van der Waals surface area contributed by atoms with Crippen molar-refractivity contribution in [3.63, 3.8) is 0 Å². The van der Waals surface area contributed by atoms with Crippen LogP contribution in [0.4, 0.5) is 0 Å². The minimum atomic E-state index is 0.546. The maximum atomic E-state index is 4.53. The van der Waals surface area contributed by atoms with Crippen LogP contribution in [0.1, 0.15) is 44.9 Å². The predicted molar refractivity (Wildman–Crippen MR) is 74.2 cm³/mol. The molecule has 2 atom stereocenters. The molecule has 1 rings (SSSR count). The van der Waals surface area contributed by atoms with Gasteiger partial charge in [-0.15, -0.1) is 0 Å². The summed E-state index contributed by atoms with van der Waals surface area (Å²) in [4.78, 5) is 4.53. The summed E-state index contributed by atoms with van der Waals surface area (Å²) in [6.45, 7) is 6.74. The molecule has 0 aromatic carbocycles.